The Kier molecular flexibility index (Phi) is 9.64. The first-order valence-electron chi connectivity index (χ1n) is 13.2. The number of nitrogens with zero attached hydrogens (tertiary/aromatic N) is 2. The molecule has 0 aliphatic carbocycles. The number of carbonyl (C=O) groups is 2. The average Bonchev–Trinajstić information content (AvgIpc) is 2.96. The van der Waals surface area contributed by atoms with Crippen molar-refractivity contribution in [3.05, 3.63) is 77.9 Å². The van der Waals surface area contributed by atoms with E-state index < -0.39 is 0 Å². The van der Waals surface area contributed by atoms with Crippen LogP contribution in [0.15, 0.2) is 66.7 Å². The first kappa shape index (κ1) is 27.8. The first-order valence-corrected chi connectivity index (χ1v) is 13.2. The van der Waals surface area contributed by atoms with E-state index in [0.717, 1.165) is 54.6 Å². The third-order valence-electron chi connectivity index (χ3n) is 6.75. The largest absolute Gasteiger partial charge is 0.495 e. The molecule has 3 aromatic carbocycles. The number of ether oxygens (including phenoxy) is 2. The number of urea groups is 1. The average molecular weight is 532 g/mol. The van der Waals surface area contributed by atoms with Crippen LogP contribution in [0, 0.1) is 6.92 Å². The van der Waals surface area contributed by atoms with Gasteiger partial charge in [0.15, 0.2) is 0 Å². The van der Waals surface area contributed by atoms with Gasteiger partial charge >= 0.3 is 6.03 Å². The topological polar surface area (TPSA) is 95.2 Å². The highest BCUT2D eigenvalue weighted by Crippen LogP contribution is 2.31. The van der Waals surface area contributed by atoms with E-state index in [0.29, 0.717) is 30.8 Å². The number of nitrogens with one attached hydrogen (secondary N) is 3. The minimum atomic E-state index is -0.367. The number of methoxy groups -OCH3 is 2. The molecule has 4 rings (SSSR count). The summed E-state index contributed by atoms with van der Waals surface area (Å²) in [6.45, 7) is 6.05. The fraction of sp³-hybridized carbons (Fsp3) is 0.333. The highest BCUT2D eigenvalue weighted by Gasteiger charge is 2.24. The van der Waals surface area contributed by atoms with Gasteiger partial charge in [-0.2, -0.15) is 0 Å². The van der Waals surface area contributed by atoms with Crippen molar-refractivity contribution in [2.24, 2.45) is 0 Å². The highest BCUT2D eigenvalue weighted by atomic mass is 16.5. The molecule has 206 valence electrons. The standard InChI is InChI=1S/C30H37N5O4/c1-22-9-4-5-10-25(22)33-30(37)32-23-13-14-26(24(21-23)29(36)31-15-8-20-38-2)34-16-18-35(19-17-34)27-11-6-7-12-28(27)39-3/h4-7,9-14,21H,8,15-20H2,1-3H3,(H,31,36)(H2,32,33,37). The van der Waals surface area contributed by atoms with Gasteiger partial charge in [-0.1, -0.05) is 30.3 Å². The summed E-state index contributed by atoms with van der Waals surface area (Å²) >= 11 is 0. The molecule has 1 heterocycles. The van der Waals surface area contributed by atoms with Gasteiger partial charge in [0.2, 0.25) is 0 Å². The van der Waals surface area contributed by atoms with Crippen molar-refractivity contribution in [3.63, 3.8) is 0 Å². The van der Waals surface area contributed by atoms with E-state index in [-0.39, 0.29) is 11.9 Å². The molecule has 3 N–H and O–H groups in total. The zero-order valence-corrected chi connectivity index (χ0v) is 22.8. The first-order chi connectivity index (χ1) is 19.0. The lowest BCUT2D eigenvalue weighted by atomic mass is 10.1. The molecular formula is C30H37N5O4. The molecule has 0 spiro atoms. The number of amides is 3. The van der Waals surface area contributed by atoms with Crippen molar-refractivity contribution in [2.45, 2.75) is 13.3 Å². The van der Waals surface area contributed by atoms with Gasteiger partial charge < -0.3 is 35.2 Å². The van der Waals surface area contributed by atoms with Crippen molar-refractivity contribution < 1.29 is 19.1 Å². The zero-order valence-electron chi connectivity index (χ0n) is 22.8. The smallest absolute Gasteiger partial charge is 0.323 e. The molecule has 9 heteroatoms. The molecule has 3 aromatic rings. The molecule has 0 aromatic heterocycles. The van der Waals surface area contributed by atoms with Gasteiger partial charge in [-0.3, -0.25) is 4.79 Å². The number of para-hydroxylation sites is 3. The Balaban J connectivity index is 1.50. The van der Waals surface area contributed by atoms with E-state index in [1.165, 1.54) is 0 Å². The molecule has 1 aliphatic heterocycles. The molecule has 1 saturated heterocycles. The Bertz CT molecular complexity index is 1270. The van der Waals surface area contributed by atoms with E-state index in [1.54, 1.807) is 20.3 Å². The molecule has 0 atom stereocenters. The Labute approximate surface area is 230 Å². The fourth-order valence-electron chi connectivity index (χ4n) is 4.66. The predicted molar refractivity (Wildman–Crippen MR) is 157 cm³/mol. The minimum Gasteiger partial charge on any atom is -0.495 e. The fourth-order valence-corrected chi connectivity index (χ4v) is 4.66. The molecule has 0 bridgehead atoms. The van der Waals surface area contributed by atoms with Crippen molar-refractivity contribution in [1.82, 2.24) is 5.32 Å². The SMILES string of the molecule is COCCCNC(=O)c1cc(NC(=O)Nc2ccccc2C)ccc1N1CCN(c2ccccc2OC)CC1. The maximum absolute atomic E-state index is 13.3. The Morgan fingerprint density at radius 2 is 1.54 bits per heavy atom. The van der Waals surface area contributed by atoms with E-state index in [2.05, 4.69) is 31.8 Å². The summed E-state index contributed by atoms with van der Waals surface area (Å²) in [5, 5.41) is 8.73. The Morgan fingerprint density at radius 3 is 2.26 bits per heavy atom. The summed E-state index contributed by atoms with van der Waals surface area (Å²) in [7, 11) is 3.32. The molecule has 0 unspecified atom stereocenters. The van der Waals surface area contributed by atoms with Crippen LogP contribution in [-0.2, 0) is 4.74 Å². The van der Waals surface area contributed by atoms with Gasteiger partial charge in [-0.25, -0.2) is 4.79 Å². The Hall–Kier alpha value is -4.24. The number of hydrogen-bond donors (Lipinski definition) is 3. The van der Waals surface area contributed by atoms with Crippen molar-refractivity contribution >= 4 is 34.7 Å². The van der Waals surface area contributed by atoms with Gasteiger partial charge in [0, 0.05) is 63.5 Å². The minimum absolute atomic E-state index is 0.184. The van der Waals surface area contributed by atoms with Crippen LogP contribution in [0.3, 0.4) is 0 Å². The van der Waals surface area contributed by atoms with Crippen molar-refractivity contribution in [3.8, 4) is 5.75 Å². The number of piperazine rings is 1. The highest BCUT2D eigenvalue weighted by molar-refractivity contribution is 6.04. The van der Waals surface area contributed by atoms with Crippen LogP contribution < -0.4 is 30.5 Å². The quantitative estimate of drug-likeness (QED) is 0.327. The number of hydrogen-bond acceptors (Lipinski definition) is 6. The molecule has 9 nitrogen and oxygen atoms in total. The lowest BCUT2D eigenvalue weighted by Crippen LogP contribution is -2.47. The summed E-state index contributed by atoms with van der Waals surface area (Å²) in [5.74, 6) is 0.665. The molecule has 39 heavy (non-hydrogen) atoms. The number of carbonyl (C=O) groups excluding carboxylic acids is 2. The zero-order chi connectivity index (χ0) is 27.6. The van der Waals surface area contributed by atoms with Gasteiger partial charge in [-0.05, 0) is 55.3 Å². The van der Waals surface area contributed by atoms with Crippen LogP contribution in [0.25, 0.3) is 0 Å². The summed E-state index contributed by atoms with van der Waals surface area (Å²) in [6, 6.07) is 20.7. The second-order valence-electron chi connectivity index (χ2n) is 9.37. The van der Waals surface area contributed by atoms with Crippen LogP contribution >= 0.6 is 0 Å². The number of rotatable bonds is 10. The lowest BCUT2D eigenvalue weighted by Gasteiger charge is -2.38. The molecule has 0 radical (unpaired) electrons. The number of benzene rings is 3. The lowest BCUT2D eigenvalue weighted by molar-refractivity contribution is 0.0949. The van der Waals surface area contributed by atoms with E-state index >= 15 is 0 Å². The van der Waals surface area contributed by atoms with Gasteiger partial charge in [0.05, 0.1) is 18.4 Å². The predicted octanol–water partition coefficient (Wildman–Crippen LogP) is 4.74. The summed E-state index contributed by atoms with van der Waals surface area (Å²) in [5.41, 5.74) is 4.66. The van der Waals surface area contributed by atoms with Gasteiger partial charge in [0.25, 0.3) is 5.91 Å². The molecule has 0 saturated carbocycles. The maximum Gasteiger partial charge on any atom is 0.323 e. The van der Waals surface area contributed by atoms with Crippen LogP contribution in [0.4, 0.5) is 27.5 Å². The number of anilines is 4. The number of aryl methyl sites for hydroxylation is 1. The summed E-state index contributed by atoms with van der Waals surface area (Å²) in [6.07, 6.45) is 0.714. The van der Waals surface area contributed by atoms with E-state index in [9.17, 15) is 9.59 Å². The van der Waals surface area contributed by atoms with Crippen LogP contribution in [-0.4, -0.2) is 65.5 Å². The van der Waals surface area contributed by atoms with Crippen LogP contribution in [0.5, 0.6) is 5.75 Å². The van der Waals surface area contributed by atoms with Crippen molar-refractivity contribution in [1.29, 1.82) is 0 Å². The summed E-state index contributed by atoms with van der Waals surface area (Å²) < 4.78 is 10.7. The normalized spacial score (nSPS) is 13.1. The van der Waals surface area contributed by atoms with E-state index in [1.807, 2.05) is 61.5 Å². The molecule has 1 fully saturated rings. The van der Waals surface area contributed by atoms with E-state index in [4.69, 9.17) is 9.47 Å². The van der Waals surface area contributed by atoms with Crippen LogP contribution in [0.1, 0.15) is 22.3 Å². The Morgan fingerprint density at radius 1 is 0.846 bits per heavy atom. The molecule has 3 amide bonds. The maximum atomic E-state index is 13.3. The monoisotopic (exact) mass is 531 g/mol. The van der Waals surface area contributed by atoms with Crippen LogP contribution in [0.2, 0.25) is 0 Å². The van der Waals surface area contributed by atoms with Crippen molar-refractivity contribution in [2.75, 3.05) is 74.0 Å². The second-order valence-corrected chi connectivity index (χ2v) is 9.37. The molecule has 1 aliphatic rings. The second kappa shape index (κ2) is 13.5. The van der Waals surface area contributed by atoms with Gasteiger partial charge in [-0.15, -0.1) is 0 Å². The third-order valence-corrected chi connectivity index (χ3v) is 6.75. The van der Waals surface area contributed by atoms with Gasteiger partial charge in [0.1, 0.15) is 5.75 Å². The molecular weight excluding hydrogens is 494 g/mol. The third kappa shape index (κ3) is 7.20. The summed E-state index contributed by atoms with van der Waals surface area (Å²) in [4.78, 5) is 30.5.